The largest absolute Gasteiger partial charge is 1.00 e. The van der Waals surface area contributed by atoms with Crippen molar-refractivity contribution in [3.63, 3.8) is 0 Å². The standard InChI is InChI=1S/C9H13O.K/c1-8(7-10-2)9-5-3-4-6-9;/h3-6,8H,7H2,1-2H3;/q-1;+1/t8-;/m0./s1. The van der Waals surface area contributed by atoms with Crippen LogP contribution in [0.4, 0.5) is 0 Å². The van der Waals surface area contributed by atoms with Crippen molar-refractivity contribution in [1.29, 1.82) is 0 Å². The van der Waals surface area contributed by atoms with Gasteiger partial charge in [-0.05, 0) is 5.92 Å². The normalized spacial score (nSPS) is 12.2. The first-order valence-corrected chi connectivity index (χ1v) is 3.55. The van der Waals surface area contributed by atoms with Gasteiger partial charge in [0.2, 0.25) is 0 Å². The quantitative estimate of drug-likeness (QED) is 0.431. The van der Waals surface area contributed by atoms with Crippen molar-refractivity contribution in [2.75, 3.05) is 13.7 Å². The van der Waals surface area contributed by atoms with E-state index in [1.807, 2.05) is 0 Å². The molecule has 0 amide bonds. The molecule has 2 heteroatoms. The van der Waals surface area contributed by atoms with Crippen LogP contribution in [0.25, 0.3) is 0 Å². The summed E-state index contributed by atoms with van der Waals surface area (Å²) in [5.41, 5.74) is 1.36. The van der Waals surface area contributed by atoms with E-state index >= 15 is 0 Å². The Bertz CT molecular complexity index is 170. The summed E-state index contributed by atoms with van der Waals surface area (Å²) in [5.74, 6) is 0.528. The van der Waals surface area contributed by atoms with Crippen LogP contribution in [0.1, 0.15) is 18.4 Å². The van der Waals surface area contributed by atoms with Gasteiger partial charge in [-0.2, -0.15) is 17.7 Å². The van der Waals surface area contributed by atoms with Gasteiger partial charge >= 0.3 is 51.4 Å². The number of rotatable bonds is 3. The predicted molar refractivity (Wildman–Crippen MR) is 42.3 cm³/mol. The zero-order valence-electron chi connectivity index (χ0n) is 7.50. The summed E-state index contributed by atoms with van der Waals surface area (Å²) >= 11 is 0. The Labute approximate surface area is 111 Å². The fraction of sp³-hybridized carbons (Fsp3) is 0.444. The molecule has 11 heavy (non-hydrogen) atoms. The van der Waals surface area contributed by atoms with Crippen LogP contribution in [0, 0.1) is 0 Å². The fourth-order valence-corrected chi connectivity index (χ4v) is 1.06. The molecule has 0 aromatic heterocycles. The van der Waals surface area contributed by atoms with Gasteiger partial charge < -0.3 is 4.74 Å². The van der Waals surface area contributed by atoms with Gasteiger partial charge in [-0.15, -0.1) is 0 Å². The Morgan fingerprint density at radius 1 is 1.36 bits per heavy atom. The maximum atomic E-state index is 5.03. The van der Waals surface area contributed by atoms with Crippen LogP contribution in [-0.4, -0.2) is 13.7 Å². The molecule has 1 atom stereocenters. The number of methoxy groups -OCH3 is 1. The Hall–Kier alpha value is 0.946. The van der Waals surface area contributed by atoms with E-state index in [0.717, 1.165) is 6.61 Å². The molecule has 0 aliphatic carbocycles. The third kappa shape index (κ3) is 3.92. The van der Waals surface area contributed by atoms with Crippen molar-refractivity contribution in [2.24, 2.45) is 0 Å². The molecule has 0 fully saturated rings. The molecule has 0 heterocycles. The van der Waals surface area contributed by atoms with Gasteiger partial charge in [0.1, 0.15) is 0 Å². The first-order valence-electron chi connectivity index (χ1n) is 3.55. The molecule has 1 nitrogen and oxygen atoms in total. The molecule has 1 rings (SSSR count). The van der Waals surface area contributed by atoms with Crippen molar-refractivity contribution < 1.29 is 56.1 Å². The summed E-state index contributed by atoms with van der Waals surface area (Å²) in [5, 5.41) is 0. The van der Waals surface area contributed by atoms with Gasteiger partial charge in [-0.25, -0.2) is 12.1 Å². The number of ether oxygens (including phenoxy) is 1. The van der Waals surface area contributed by atoms with Gasteiger partial charge in [-0.3, -0.25) is 0 Å². The second kappa shape index (κ2) is 6.46. The molecule has 0 aliphatic heterocycles. The van der Waals surface area contributed by atoms with E-state index in [2.05, 4.69) is 31.2 Å². The van der Waals surface area contributed by atoms with E-state index in [4.69, 9.17) is 4.74 Å². The second-order valence-corrected chi connectivity index (χ2v) is 2.57. The summed E-state index contributed by atoms with van der Waals surface area (Å²) in [6.07, 6.45) is 0. The summed E-state index contributed by atoms with van der Waals surface area (Å²) < 4.78 is 5.03. The Balaban J connectivity index is 0.000001000. The van der Waals surface area contributed by atoms with Crippen molar-refractivity contribution in [3.05, 3.63) is 29.8 Å². The van der Waals surface area contributed by atoms with Crippen molar-refractivity contribution in [1.82, 2.24) is 0 Å². The zero-order chi connectivity index (χ0) is 7.40. The topological polar surface area (TPSA) is 9.23 Å². The van der Waals surface area contributed by atoms with E-state index in [0.29, 0.717) is 5.92 Å². The Morgan fingerprint density at radius 2 is 1.91 bits per heavy atom. The summed E-state index contributed by atoms with van der Waals surface area (Å²) in [6, 6.07) is 8.37. The third-order valence-corrected chi connectivity index (χ3v) is 1.67. The monoisotopic (exact) mass is 176 g/mol. The molecule has 0 saturated heterocycles. The molecule has 1 aromatic carbocycles. The van der Waals surface area contributed by atoms with Gasteiger partial charge in [0, 0.05) is 13.7 Å². The molecule has 0 unspecified atom stereocenters. The second-order valence-electron chi connectivity index (χ2n) is 2.57. The van der Waals surface area contributed by atoms with E-state index in [-0.39, 0.29) is 51.4 Å². The molecule has 0 radical (unpaired) electrons. The molecule has 0 spiro atoms. The smallest absolute Gasteiger partial charge is 0.385 e. The van der Waals surface area contributed by atoms with Crippen LogP contribution in [0.15, 0.2) is 24.3 Å². The molecule has 0 saturated carbocycles. The van der Waals surface area contributed by atoms with Crippen LogP contribution >= 0.6 is 0 Å². The first-order chi connectivity index (χ1) is 4.84. The number of hydrogen-bond donors (Lipinski definition) is 0. The third-order valence-electron chi connectivity index (χ3n) is 1.67. The minimum atomic E-state index is 0. The van der Waals surface area contributed by atoms with E-state index < -0.39 is 0 Å². The van der Waals surface area contributed by atoms with Crippen LogP contribution in [0.3, 0.4) is 0 Å². The molecule has 0 aliphatic rings. The Morgan fingerprint density at radius 3 is 2.36 bits per heavy atom. The van der Waals surface area contributed by atoms with Gasteiger partial charge in [0.25, 0.3) is 0 Å². The summed E-state index contributed by atoms with van der Waals surface area (Å²) in [6.45, 7) is 2.98. The van der Waals surface area contributed by atoms with Crippen LogP contribution in [0.2, 0.25) is 0 Å². The SMILES string of the molecule is COC[C@H](C)[c-]1cccc1.[K+]. The van der Waals surface area contributed by atoms with Crippen LogP contribution in [-0.2, 0) is 4.74 Å². The fourth-order valence-electron chi connectivity index (χ4n) is 1.06. The van der Waals surface area contributed by atoms with Crippen molar-refractivity contribution in [3.8, 4) is 0 Å². The average molecular weight is 176 g/mol. The maximum Gasteiger partial charge on any atom is 1.00 e. The molecule has 0 N–H and O–H groups in total. The summed E-state index contributed by atoms with van der Waals surface area (Å²) in [4.78, 5) is 0. The molecule has 1 aromatic rings. The Kier molecular flexibility index (Phi) is 7.02. The molecular formula is C9H13KO. The summed E-state index contributed by atoms with van der Waals surface area (Å²) in [7, 11) is 1.74. The van der Waals surface area contributed by atoms with Crippen LogP contribution in [0.5, 0.6) is 0 Å². The predicted octanol–water partition coefficient (Wildman–Crippen LogP) is -0.841. The minimum Gasteiger partial charge on any atom is -0.385 e. The maximum absolute atomic E-state index is 5.03. The van der Waals surface area contributed by atoms with Gasteiger partial charge in [0.05, 0.1) is 0 Å². The molecular weight excluding hydrogens is 163 g/mol. The van der Waals surface area contributed by atoms with E-state index in [1.54, 1.807) is 7.11 Å². The van der Waals surface area contributed by atoms with E-state index in [9.17, 15) is 0 Å². The van der Waals surface area contributed by atoms with Gasteiger partial charge in [-0.1, -0.05) is 6.92 Å². The van der Waals surface area contributed by atoms with E-state index in [1.165, 1.54) is 5.56 Å². The van der Waals surface area contributed by atoms with Crippen molar-refractivity contribution in [2.45, 2.75) is 12.8 Å². The zero-order valence-corrected chi connectivity index (χ0v) is 10.6. The molecule has 0 bridgehead atoms. The number of hydrogen-bond acceptors (Lipinski definition) is 1. The first kappa shape index (κ1) is 11.9. The van der Waals surface area contributed by atoms with Gasteiger partial charge in [0.15, 0.2) is 0 Å². The minimum absolute atomic E-state index is 0. The average Bonchev–Trinajstić information content (AvgIpc) is 2.38. The van der Waals surface area contributed by atoms with Crippen LogP contribution < -0.4 is 51.4 Å². The molecule has 56 valence electrons. The van der Waals surface area contributed by atoms with Crippen molar-refractivity contribution >= 4 is 0 Å².